The summed E-state index contributed by atoms with van der Waals surface area (Å²) in [6, 6.07) is 4.61. The first-order valence-corrected chi connectivity index (χ1v) is 9.87. The number of nitrogens with zero attached hydrogens (tertiary/aromatic N) is 1. The summed E-state index contributed by atoms with van der Waals surface area (Å²) < 4.78 is 11.1. The van der Waals surface area contributed by atoms with Crippen LogP contribution in [0.1, 0.15) is 47.7 Å². The number of amides is 2. The van der Waals surface area contributed by atoms with Crippen LogP contribution in [0.5, 0.6) is 5.75 Å². The Morgan fingerprint density at radius 1 is 1.27 bits per heavy atom. The highest BCUT2D eigenvalue weighted by molar-refractivity contribution is 6.35. The quantitative estimate of drug-likeness (QED) is 0.479. The van der Waals surface area contributed by atoms with Gasteiger partial charge in [0.1, 0.15) is 11.5 Å². The van der Waals surface area contributed by atoms with Crippen molar-refractivity contribution in [3.05, 3.63) is 50.9 Å². The molecule has 0 bridgehead atoms. The van der Waals surface area contributed by atoms with Gasteiger partial charge in [-0.05, 0) is 37.0 Å². The fourth-order valence-corrected chi connectivity index (χ4v) is 3.83. The van der Waals surface area contributed by atoms with Crippen molar-refractivity contribution in [2.45, 2.75) is 33.6 Å². The van der Waals surface area contributed by atoms with E-state index in [1.807, 2.05) is 13.8 Å². The zero-order chi connectivity index (χ0) is 22.1. The largest absolute Gasteiger partial charge is 0.482 e. The standard InChI is InChI=1S/C20H21Cl2N3O5/c1-10-17-13(25-28)7-20(2,3)8-15(17)30-18(10)19(27)24-23-16(26)9-29-14-5-4-11(21)6-12(14)22/h4-6,28H,7-9H2,1-3H3,(H,23,26)(H,24,27)/b25-13-. The zero-order valence-electron chi connectivity index (χ0n) is 16.6. The van der Waals surface area contributed by atoms with Gasteiger partial charge in [0.25, 0.3) is 5.91 Å². The second kappa shape index (κ2) is 8.57. The smallest absolute Gasteiger partial charge is 0.305 e. The summed E-state index contributed by atoms with van der Waals surface area (Å²) in [7, 11) is 0. The van der Waals surface area contributed by atoms with Crippen LogP contribution >= 0.6 is 23.2 Å². The van der Waals surface area contributed by atoms with Crippen molar-refractivity contribution in [3.63, 3.8) is 0 Å². The van der Waals surface area contributed by atoms with E-state index in [-0.39, 0.29) is 28.6 Å². The lowest BCUT2D eigenvalue weighted by Gasteiger charge is -2.28. The number of furan rings is 1. The van der Waals surface area contributed by atoms with Crippen LogP contribution in [0, 0.1) is 12.3 Å². The first-order chi connectivity index (χ1) is 14.1. The van der Waals surface area contributed by atoms with Gasteiger partial charge >= 0.3 is 5.91 Å². The van der Waals surface area contributed by atoms with Crippen LogP contribution in [0.2, 0.25) is 10.0 Å². The number of ether oxygens (including phenoxy) is 1. The summed E-state index contributed by atoms with van der Waals surface area (Å²) in [6.45, 7) is 5.37. The lowest BCUT2D eigenvalue weighted by molar-refractivity contribution is -0.123. The third kappa shape index (κ3) is 4.71. The van der Waals surface area contributed by atoms with Gasteiger partial charge in [-0.15, -0.1) is 0 Å². The van der Waals surface area contributed by atoms with E-state index in [9.17, 15) is 14.8 Å². The molecule has 0 spiro atoms. The molecule has 0 saturated heterocycles. The molecule has 0 aliphatic heterocycles. The number of fused-ring (bicyclic) bond motifs is 1. The minimum absolute atomic E-state index is 0.0424. The van der Waals surface area contributed by atoms with Crippen molar-refractivity contribution >= 4 is 40.7 Å². The molecule has 30 heavy (non-hydrogen) atoms. The zero-order valence-corrected chi connectivity index (χ0v) is 18.1. The Morgan fingerprint density at radius 3 is 2.67 bits per heavy atom. The highest BCUT2D eigenvalue weighted by atomic mass is 35.5. The number of rotatable bonds is 4. The third-order valence-corrected chi connectivity index (χ3v) is 5.22. The molecule has 10 heteroatoms. The van der Waals surface area contributed by atoms with Gasteiger partial charge in [0, 0.05) is 22.6 Å². The number of hydrazine groups is 1. The average Bonchev–Trinajstić information content (AvgIpc) is 2.99. The third-order valence-electron chi connectivity index (χ3n) is 4.69. The van der Waals surface area contributed by atoms with Gasteiger partial charge in [0.05, 0.1) is 10.7 Å². The predicted molar refractivity (Wildman–Crippen MR) is 111 cm³/mol. The number of oxime groups is 1. The molecule has 8 nitrogen and oxygen atoms in total. The van der Waals surface area contributed by atoms with E-state index in [2.05, 4.69) is 16.0 Å². The Bertz CT molecular complexity index is 1030. The number of nitrogens with one attached hydrogen (secondary N) is 2. The van der Waals surface area contributed by atoms with Crippen molar-refractivity contribution in [2.24, 2.45) is 10.6 Å². The molecule has 0 unspecified atom stereocenters. The Balaban J connectivity index is 1.63. The maximum Gasteiger partial charge on any atom is 0.305 e. The minimum Gasteiger partial charge on any atom is -0.482 e. The number of benzene rings is 1. The monoisotopic (exact) mass is 453 g/mol. The lowest BCUT2D eigenvalue weighted by atomic mass is 9.75. The summed E-state index contributed by atoms with van der Waals surface area (Å²) in [4.78, 5) is 24.5. The molecule has 1 heterocycles. The van der Waals surface area contributed by atoms with Crippen LogP contribution in [-0.2, 0) is 11.2 Å². The minimum atomic E-state index is -0.630. The molecular formula is C20H21Cl2N3O5. The van der Waals surface area contributed by atoms with E-state index < -0.39 is 11.8 Å². The Labute approximate surface area is 183 Å². The predicted octanol–water partition coefficient (Wildman–Crippen LogP) is 3.89. The SMILES string of the molecule is Cc1c(C(=O)NNC(=O)COc2ccc(Cl)cc2Cl)oc2c1/C(=N\O)CC(C)(C)C2. The van der Waals surface area contributed by atoms with Gasteiger partial charge in [0.15, 0.2) is 12.4 Å². The molecule has 1 aromatic heterocycles. The van der Waals surface area contributed by atoms with Crippen LogP contribution < -0.4 is 15.6 Å². The number of hydrogen-bond donors (Lipinski definition) is 3. The van der Waals surface area contributed by atoms with Crippen LogP contribution in [0.4, 0.5) is 0 Å². The summed E-state index contributed by atoms with van der Waals surface area (Å²) in [5.74, 6) is -0.318. The molecule has 2 aromatic rings. The topological polar surface area (TPSA) is 113 Å². The molecule has 160 valence electrons. The lowest BCUT2D eigenvalue weighted by Crippen LogP contribution is -2.43. The first-order valence-electron chi connectivity index (χ1n) is 9.12. The number of halogens is 2. The molecule has 1 aliphatic rings. The van der Waals surface area contributed by atoms with E-state index in [0.29, 0.717) is 40.5 Å². The Kier molecular flexibility index (Phi) is 6.28. The highest BCUT2D eigenvalue weighted by Crippen LogP contribution is 2.38. The summed E-state index contributed by atoms with van der Waals surface area (Å²) in [6.07, 6.45) is 1.15. The van der Waals surface area contributed by atoms with Gasteiger partial charge in [-0.25, -0.2) is 0 Å². The number of carbonyl (C=O) groups excluding carboxylic acids is 2. The van der Waals surface area contributed by atoms with Crippen LogP contribution in [0.25, 0.3) is 0 Å². The molecule has 1 aliphatic carbocycles. The van der Waals surface area contributed by atoms with Crippen LogP contribution in [0.15, 0.2) is 27.8 Å². The van der Waals surface area contributed by atoms with Gasteiger partial charge < -0.3 is 14.4 Å². The molecule has 0 fully saturated rings. The number of carbonyl (C=O) groups is 2. The van der Waals surface area contributed by atoms with E-state index in [0.717, 1.165) is 0 Å². The van der Waals surface area contributed by atoms with Crippen molar-refractivity contribution in [1.29, 1.82) is 0 Å². The van der Waals surface area contributed by atoms with Crippen molar-refractivity contribution in [3.8, 4) is 5.75 Å². The molecule has 0 radical (unpaired) electrons. The van der Waals surface area contributed by atoms with Crippen molar-refractivity contribution < 1.29 is 24.0 Å². The van der Waals surface area contributed by atoms with Gasteiger partial charge in [-0.1, -0.05) is 42.2 Å². The van der Waals surface area contributed by atoms with Gasteiger partial charge in [-0.3, -0.25) is 20.4 Å². The normalized spacial score (nSPS) is 16.1. The second-order valence-corrected chi connectivity index (χ2v) is 8.63. The van der Waals surface area contributed by atoms with Crippen molar-refractivity contribution in [1.82, 2.24) is 10.9 Å². The molecular weight excluding hydrogens is 433 g/mol. The summed E-state index contributed by atoms with van der Waals surface area (Å²) in [5.41, 5.74) is 6.04. The fourth-order valence-electron chi connectivity index (χ4n) is 3.37. The average molecular weight is 454 g/mol. The van der Waals surface area contributed by atoms with Gasteiger partial charge in [-0.2, -0.15) is 0 Å². The Hall–Kier alpha value is -2.71. The molecule has 0 saturated carbocycles. The van der Waals surface area contributed by atoms with Crippen molar-refractivity contribution in [2.75, 3.05) is 6.61 Å². The second-order valence-electron chi connectivity index (χ2n) is 7.78. The molecule has 1 aromatic carbocycles. The summed E-state index contributed by atoms with van der Waals surface area (Å²) >= 11 is 11.8. The number of hydrogen-bond acceptors (Lipinski definition) is 6. The molecule has 3 N–H and O–H groups in total. The van der Waals surface area contributed by atoms with E-state index >= 15 is 0 Å². The maximum absolute atomic E-state index is 12.5. The van der Waals surface area contributed by atoms with Crippen LogP contribution in [0.3, 0.4) is 0 Å². The molecule has 0 atom stereocenters. The van der Waals surface area contributed by atoms with E-state index in [1.54, 1.807) is 13.0 Å². The maximum atomic E-state index is 12.5. The van der Waals surface area contributed by atoms with E-state index in [4.69, 9.17) is 32.4 Å². The molecule has 2 amide bonds. The highest BCUT2D eigenvalue weighted by Gasteiger charge is 2.36. The summed E-state index contributed by atoms with van der Waals surface area (Å²) in [5, 5.41) is 13.4. The van der Waals surface area contributed by atoms with Crippen LogP contribution in [-0.4, -0.2) is 29.3 Å². The first kappa shape index (κ1) is 22.0. The fraction of sp³-hybridized carbons (Fsp3) is 0.350. The van der Waals surface area contributed by atoms with Gasteiger partial charge in [0.2, 0.25) is 0 Å². The Morgan fingerprint density at radius 2 is 2.00 bits per heavy atom. The van der Waals surface area contributed by atoms with E-state index in [1.165, 1.54) is 12.1 Å². The molecule has 3 rings (SSSR count).